The molecule has 0 amide bonds. The largest absolute Gasteiger partial charge is 0.476 e. The van der Waals surface area contributed by atoms with Gasteiger partial charge < -0.3 is 9.47 Å². The molecule has 1 rings (SSSR count). The van der Waals surface area contributed by atoms with Gasteiger partial charge in [-0.25, -0.2) is 9.18 Å². The summed E-state index contributed by atoms with van der Waals surface area (Å²) in [6.07, 6.45) is 0. The van der Waals surface area contributed by atoms with E-state index in [9.17, 15) is 9.18 Å². The molecule has 0 heterocycles. The highest BCUT2D eigenvalue weighted by atomic mass is 19.1. The van der Waals surface area contributed by atoms with Gasteiger partial charge in [-0.2, -0.15) is 0 Å². The first-order valence-corrected chi connectivity index (χ1v) is 5.57. The van der Waals surface area contributed by atoms with Crippen molar-refractivity contribution in [2.45, 2.75) is 26.4 Å². The molecule has 0 aliphatic carbocycles. The summed E-state index contributed by atoms with van der Waals surface area (Å²) in [4.78, 5) is 11.8. The molecule has 98 valence electrons. The van der Waals surface area contributed by atoms with Crippen molar-refractivity contribution in [2.75, 3.05) is 6.61 Å². The molecule has 18 heavy (non-hydrogen) atoms. The second-order valence-electron chi connectivity index (χ2n) is 4.60. The number of carbonyl (C=O) groups excluding carboxylic acids is 1. The molecule has 0 bridgehead atoms. The summed E-state index contributed by atoms with van der Waals surface area (Å²) >= 11 is 0. The van der Waals surface area contributed by atoms with Gasteiger partial charge in [0.2, 0.25) is 0 Å². The van der Waals surface area contributed by atoms with Crippen LogP contribution in [0.5, 0.6) is 5.75 Å². The van der Waals surface area contributed by atoms with Gasteiger partial charge in [-0.15, -0.1) is 0 Å². The maximum Gasteiger partial charge on any atom is 0.350 e. The van der Waals surface area contributed by atoms with Gasteiger partial charge in [0.05, 0.1) is 0 Å². The van der Waals surface area contributed by atoms with Gasteiger partial charge in [-0.1, -0.05) is 6.58 Å². The minimum absolute atomic E-state index is 0.162. The van der Waals surface area contributed by atoms with Crippen molar-refractivity contribution in [3.8, 4) is 5.75 Å². The number of hydrogen-bond donors (Lipinski definition) is 0. The molecule has 0 N–H and O–H groups in total. The third-order valence-corrected chi connectivity index (χ3v) is 2.13. The van der Waals surface area contributed by atoms with Crippen molar-refractivity contribution in [2.24, 2.45) is 0 Å². The lowest BCUT2D eigenvalue weighted by molar-refractivity contribution is -0.158. The van der Waals surface area contributed by atoms with Crippen LogP contribution in [0.25, 0.3) is 0 Å². The summed E-state index contributed by atoms with van der Waals surface area (Å²) in [6.45, 7) is 8.76. The molecule has 0 unspecified atom stereocenters. The Morgan fingerprint density at radius 1 is 1.33 bits per heavy atom. The highest BCUT2D eigenvalue weighted by molar-refractivity contribution is 5.79. The highest BCUT2D eigenvalue weighted by Gasteiger charge is 2.31. The molecular formula is C14H17FO3. The number of halogens is 1. The Morgan fingerprint density at radius 3 is 2.39 bits per heavy atom. The Bertz CT molecular complexity index is 435. The zero-order valence-electron chi connectivity index (χ0n) is 10.8. The molecule has 0 aromatic heterocycles. The van der Waals surface area contributed by atoms with Gasteiger partial charge >= 0.3 is 5.97 Å². The number of esters is 1. The minimum Gasteiger partial charge on any atom is -0.476 e. The molecule has 3 nitrogen and oxygen atoms in total. The van der Waals surface area contributed by atoms with Crippen LogP contribution in [0.15, 0.2) is 36.4 Å². The summed E-state index contributed by atoms with van der Waals surface area (Å²) < 4.78 is 23.2. The van der Waals surface area contributed by atoms with Crippen LogP contribution < -0.4 is 4.74 Å². The lowest BCUT2D eigenvalue weighted by Crippen LogP contribution is -2.40. The van der Waals surface area contributed by atoms with Crippen LogP contribution in [0, 0.1) is 5.82 Å². The van der Waals surface area contributed by atoms with E-state index in [2.05, 4.69) is 6.58 Å². The van der Waals surface area contributed by atoms with Crippen LogP contribution in [-0.2, 0) is 9.53 Å². The molecule has 0 fully saturated rings. The average molecular weight is 252 g/mol. The van der Waals surface area contributed by atoms with Crippen molar-refractivity contribution in [3.05, 3.63) is 42.2 Å². The molecular weight excluding hydrogens is 235 g/mol. The number of carbonyl (C=O) groups is 1. The van der Waals surface area contributed by atoms with Gasteiger partial charge in [-0.05, 0) is 50.6 Å². The smallest absolute Gasteiger partial charge is 0.350 e. The summed E-state index contributed by atoms with van der Waals surface area (Å²) in [7, 11) is 0. The summed E-state index contributed by atoms with van der Waals surface area (Å²) in [5, 5.41) is 0. The van der Waals surface area contributed by atoms with E-state index in [-0.39, 0.29) is 12.4 Å². The topological polar surface area (TPSA) is 35.5 Å². The van der Waals surface area contributed by atoms with E-state index in [4.69, 9.17) is 9.47 Å². The quantitative estimate of drug-likeness (QED) is 0.596. The average Bonchev–Trinajstić information content (AvgIpc) is 2.28. The first-order valence-electron chi connectivity index (χ1n) is 5.57. The summed E-state index contributed by atoms with van der Waals surface area (Å²) in [6, 6.07) is 5.46. The molecule has 4 heteroatoms. The van der Waals surface area contributed by atoms with Crippen molar-refractivity contribution >= 4 is 5.97 Å². The third kappa shape index (κ3) is 4.20. The molecule has 0 aliphatic rings. The van der Waals surface area contributed by atoms with E-state index in [1.54, 1.807) is 20.8 Å². The predicted octanol–water partition coefficient (Wildman–Crippen LogP) is 3.10. The van der Waals surface area contributed by atoms with Crippen LogP contribution in [0.1, 0.15) is 20.8 Å². The number of benzene rings is 1. The Hall–Kier alpha value is -1.84. The molecule has 1 aromatic carbocycles. The summed E-state index contributed by atoms with van der Waals surface area (Å²) in [5.41, 5.74) is -0.381. The monoisotopic (exact) mass is 252 g/mol. The SMILES string of the molecule is C=C(C)COC(=O)C(C)(C)Oc1ccc(F)cc1. The first kappa shape index (κ1) is 14.2. The normalized spacial score (nSPS) is 10.9. The molecule has 0 spiro atoms. The van der Waals surface area contributed by atoms with E-state index in [0.717, 1.165) is 5.57 Å². The lowest BCUT2D eigenvalue weighted by Gasteiger charge is -2.24. The standard InChI is InChI=1S/C14H17FO3/c1-10(2)9-17-13(16)14(3,4)18-12-7-5-11(15)6-8-12/h5-8H,1,9H2,2-4H3. The minimum atomic E-state index is -1.13. The molecule has 0 saturated carbocycles. The maximum atomic E-state index is 12.7. The van der Waals surface area contributed by atoms with Crippen LogP contribution in [-0.4, -0.2) is 18.2 Å². The van der Waals surface area contributed by atoms with Crippen molar-refractivity contribution in [3.63, 3.8) is 0 Å². The number of hydrogen-bond acceptors (Lipinski definition) is 3. The van der Waals surface area contributed by atoms with Crippen molar-refractivity contribution in [1.29, 1.82) is 0 Å². The van der Waals surface area contributed by atoms with Crippen molar-refractivity contribution in [1.82, 2.24) is 0 Å². The Kier molecular flexibility index (Phi) is 4.48. The second-order valence-corrected chi connectivity index (χ2v) is 4.60. The molecule has 0 aliphatic heterocycles. The Labute approximate surface area is 106 Å². The Balaban J connectivity index is 2.65. The molecule has 0 saturated heterocycles. The van der Waals surface area contributed by atoms with Crippen LogP contribution >= 0.6 is 0 Å². The predicted molar refractivity (Wildman–Crippen MR) is 66.9 cm³/mol. The zero-order valence-corrected chi connectivity index (χ0v) is 10.8. The zero-order chi connectivity index (χ0) is 13.8. The first-order chi connectivity index (χ1) is 8.31. The van der Waals surface area contributed by atoms with Gasteiger partial charge in [-0.3, -0.25) is 0 Å². The van der Waals surface area contributed by atoms with Gasteiger partial charge in [0.15, 0.2) is 5.60 Å². The van der Waals surface area contributed by atoms with Gasteiger partial charge in [0, 0.05) is 0 Å². The van der Waals surface area contributed by atoms with Crippen LogP contribution in [0.3, 0.4) is 0 Å². The number of ether oxygens (including phenoxy) is 2. The Morgan fingerprint density at radius 2 is 1.89 bits per heavy atom. The lowest BCUT2D eigenvalue weighted by atomic mass is 10.1. The van der Waals surface area contributed by atoms with E-state index >= 15 is 0 Å². The fourth-order valence-electron chi connectivity index (χ4n) is 1.20. The van der Waals surface area contributed by atoms with E-state index in [0.29, 0.717) is 5.75 Å². The third-order valence-electron chi connectivity index (χ3n) is 2.13. The van der Waals surface area contributed by atoms with E-state index in [1.807, 2.05) is 0 Å². The van der Waals surface area contributed by atoms with Crippen LogP contribution in [0.2, 0.25) is 0 Å². The van der Waals surface area contributed by atoms with E-state index < -0.39 is 11.6 Å². The van der Waals surface area contributed by atoms with Crippen molar-refractivity contribution < 1.29 is 18.7 Å². The fourth-order valence-corrected chi connectivity index (χ4v) is 1.20. The number of rotatable bonds is 5. The molecule has 0 radical (unpaired) electrons. The highest BCUT2D eigenvalue weighted by Crippen LogP contribution is 2.20. The fraction of sp³-hybridized carbons (Fsp3) is 0.357. The maximum absolute atomic E-state index is 12.7. The van der Waals surface area contributed by atoms with Gasteiger partial charge in [0.25, 0.3) is 0 Å². The second kappa shape index (κ2) is 5.67. The van der Waals surface area contributed by atoms with E-state index in [1.165, 1.54) is 24.3 Å². The summed E-state index contributed by atoms with van der Waals surface area (Å²) in [5.74, 6) is -0.437. The van der Waals surface area contributed by atoms with Crippen LogP contribution in [0.4, 0.5) is 4.39 Å². The van der Waals surface area contributed by atoms with Gasteiger partial charge in [0.1, 0.15) is 18.2 Å². The molecule has 0 atom stereocenters. The molecule has 1 aromatic rings.